The molecule has 20 heavy (non-hydrogen) atoms. The number of benzene rings is 1. The van der Waals surface area contributed by atoms with Gasteiger partial charge in [-0.15, -0.1) is 13.2 Å². The Morgan fingerprint density at radius 2 is 2.10 bits per heavy atom. The van der Waals surface area contributed by atoms with Gasteiger partial charge in [0.25, 0.3) is 0 Å². The van der Waals surface area contributed by atoms with Crippen LogP contribution >= 0.6 is 0 Å². The van der Waals surface area contributed by atoms with Crippen molar-refractivity contribution in [1.29, 1.82) is 5.26 Å². The third-order valence-electron chi connectivity index (χ3n) is 2.55. The molecule has 5 nitrogen and oxygen atoms in total. The van der Waals surface area contributed by atoms with Crippen molar-refractivity contribution in [3.8, 4) is 11.8 Å². The molecule has 0 aliphatic heterocycles. The molecule has 0 spiro atoms. The van der Waals surface area contributed by atoms with Gasteiger partial charge in [0, 0.05) is 10.9 Å². The number of nitriles is 1. The van der Waals surface area contributed by atoms with E-state index < -0.39 is 18.1 Å². The van der Waals surface area contributed by atoms with E-state index in [1.807, 2.05) is 0 Å². The molecule has 2 aromatic rings. The van der Waals surface area contributed by atoms with Crippen LogP contribution in [0.25, 0.3) is 10.9 Å². The molecule has 0 saturated carbocycles. The number of carboxylic acid groups (broad SMARTS) is 1. The Labute approximate surface area is 110 Å². The molecule has 0 fully saturated rings. The minimum atomic E-state index is -4.82. The average molecular weight is 284 g/mol. The molecular formula is C12H7F3N2O3. The minimum absolute atomic E-state index is 0.175. The van der Waals surface area contributed by atoms with Crippen molar-refractivity contribution < 1.29 is 27.8 Å². The summed E-state index contributed by atoms with van der Waals surface area (Å²) in [6.45, 7) is -0.218. The Balaban J connectivity index is 2.54. The maximum Gasteiger partial charge on any atom is 0.573 e. The van der Waals surface area contributed by atoms with Crippen molar-refractivity contribution in [2.45, 2.75) is 12.9 Å². The molecular weight excluding hydrogens is 277 g/mol. The molecule has 0 radical (unpaired) electrons. The Morgan fingerprint density at radius 3 is 2.65 bits per heavy atom. The monoisotopic (exact) mass is 284 g/mol. The molecule has 0 bridgehead atoms. The highest BCUT2D eigenvalue weighted by Crippen LogP contribution is 2.28. The summed E-state index contributed by atoms with van der Waals surface area (Å²) in [5.41, 5.74) is 0.171. The first-order valence-corrected chi connectivity index (χ1v) is 5.31. The van der Waals surface area contributed by atoms with Gasteiger partial charge < -0.3 is 14.4 Å². The predicted molar refractivity (Wildman–Crippen MR) is 61.2 cm³/mol. The molecule has 1 N–H and O–H groups in total. The lowest BCUT2D eigenvalue weighted by Gasteiger charge is -2.09. The molecule has 2 rings (SSSR count). The van der Waals surface area contributed by atoms with Crippen LogP contribution in [0.4, 0.5) is 13.2 Å². The van der Waals surface area contributed by atoms with Crippen LogP contribution < -0.4 is 4.74 Å². The van der Waals surface area contributed by atoms with Crippen LogP contribution in [0.3, 0.4) is 0 Å². The molecule has 0 amide bonds. The van der Waals surface area contributed by atoms with Crippen molar-refractivity contribution in [3.05, 3.63) is 30.0 Å². The number of alkyl halides is 3. The highest BCUT2D eigenvalue weighted by Gasteiger charge is 2.31. The lowest BCUT2D eigenvalue weighted by Crippen LogP contribution is -2.17. The van der Waals surface area contributed by atoms with E-state index in [0.717, 1.165) is 12.1 Å². The van der Waals surface area contributed by atoms with Crippen molar-refractivity contribution in [2.24, 2.45) is 0 Å². The largest absolute Gasteiger partial charge is 0.573 e. The second kappa shape index (κ2) is 4.77. The summed E-state index contributed by atoms with van der Waals surface area (Å²) in [5, 5.41) is 17.9. The van der Waals surface area contributed by atoms with E-state index in [0.29, 0.717) is 5.52 Å². The van der Waals surface area contributed by atoms with Gasteiger partial charge in [-0.3, -0.25) is 0 Å². The van der Waals surface area contributed by atoms with Crippen molar-refractivity contribution in [1.82, 2.24) is 4.57 Å². The third kappa shape index (κ3) is 2.66. The molecule has 0 unspecified atom stereocenters. The number of rotatable bonds is 3. The first-order chi connectivity index (χ1) is 9.31. The Hall–Kier alpha value is -2.69. The standard InChI is InChI=1S/C12H7F3N2O3/c13-12(14,15)20-8-1-2-9-7(5-8)6-10(11(18)19)17(9)4-3-16/h1-2,5-6H,4H2,(H,18,19). The first-order valence-electron chi connectivity index (χ1n) is 5.31. The van der Waals surface area contributed by atoms with Gasteiger partial charge in [-0.2, -0.15) is 5.26 Å². The SMILES string of the molecule is N#CCn1c(C(=O)O)cc2cc(OC(F)(F)F)ccc21. The zero-order valence-electron chi connectivity index (χ0n) is 9.81. The van der Waals surface area contributed by atoms with Gasteiger partial charge in [-0.25, -0.2) is 4.79 Å². The smallest absolute Gasteiger partial charge is 0.477 e. The number of aromatic carboxylic acids is 1. The summed E-state index contributed by atoms with van der Waals surface area (Å²) in [4.78, 5) is 11.0. The zero-order valence-corrected chi connectivity index (χ0v) is 9.81. The number of aromatic nitrogens is 1. The zero-order chi connectivity index (χ0) is 14.9. The van der Waals surface area contributed by atoms with Gasteiger partial charge >= 0.3 is 12.3 Å². The fraction of sp³-hybridized carbons (Fsp3) is 0.167. The van der Waals surface area contributed by atoms with Crippen LogP contribution in [0.2, 0.25) is 0 Å². The maximum absolute atomic E-state index is 12.1. The molecule has 1 aromatic carbocycles. The fourth-order valence-corrected chi connectivity index (χ4v) is 1.86. The lowest BCUT2D eigenvalue weighted by atomic mass is 10.2. The number of halogens is 3. The summed E-state index contributed by atoms with van der Waals surface area (Å²) in [6.07, 6.45) is -4.82. The average Bonchev–Trinajstić information content (AvgIpc) is 2.66. The number of hydrogen-bond acceptors (Lipinski definition) is 3. The van der Waals surface area contributed by atoms with Gasteiger partial charge in [0.1, 0.15) is 18.0 Å². The number of carbonyl (C=O) groups is 1. The highest BCUT2D eigenvalue weighted by atomic mass is 19.4. The van der Waals surface area contributed by atoms with E-state index in [2.05, 4.69) is 4.74 Å². The van der Waals surface area contributed by atoms with Crippen molar-refractivity contribution in [2.75, 3.05) is 0 Å². The summed E-state index contributed by atoms with van der Waals surface area (Å²) >= 11 is 0. The fourth-order valence-electron chi connectivity index (χ4n) is 1.86. The number of ether oxygens (including phenoxy) is 1. The topological polar surface area (TPSA) is 75.2 Å². The highest BCUT2D eigenvalue weighted by molar-refractivity contribution is 5.95. The Morgan fingerprint density at radius 1 is 1.40 bits per heavy atom. The number of nitrogens with zero attached hydrogens (tertiary/aromatic N) is 2. The number of hydrogen-bond donors (Lipinski definition) is 1. The number of carboxylic acids is 1. The van der Waals surface area contributed by atoms with Crippen LogP contribution in [0.5, 0.6) is 5.75 Å². The summed E-state index contributed by atoms with van der Waals surface area (Å²) < 4.78 is 41.3. The van der Waals surface area contributed by atoms with E-state index in [4.69, 9.17) is 10.4 Å². The van der Waals surface area contributed by atoms with E-state index in [1.165, 1.54) is 16.7 Å². The summed E-state index contributed by atoms with van der Waals surface area (Å²) in [7, 11) is 0. The second-order valence-corrected chi connectivity index (χ2v) is 3.85. The van der Waals surface area contributed by atoms with Crippen LogP contribution in [0.15, 0.2) is 24.3 Å². The summed E-state index contributed by atoms with van der Waals surface area (Å²) in [5.74, 6) is -1.72. The second-order valence-electron chi connectivity index (χ2n) is 3.85. The number of fused-ring (bicyclic) bond motifs is 1. The predicted octanol–water partition coefficient (Wildman–Crippen LogP) is 2.76. The minimum Gasteiger partial charge on any atom is -0.477 e. The molecule has 1 aromatic heterocycles. The van der Waals surface area contributed by atoms with Crippen LogP contribution in [-0.2, 0) is 6.54 Å². The van der Waals surface area contributed by atoms with Crippen LogP contribution in [0.1, 0.15) is 10.5 Å². The Kier molecular flexibility index (Phi) is 3.28. The maximum atomic E-state index is 12.1. The molecule has 0 atom stereocenters. The molecule has 0 aliphatic rings. The lowest BCUT2D eigenvalue weighted by molar-refractivity contribution is -0.274. The van der Waals surface area contributed by atoms with Gasteiger partial charge in [-0.05, 0) is 24.3 Å². The molecule has 8 heteroatoms. The molecule has 1 heterocycles. The molecule has 0 saturated heterocycles. The quantitative estimate of drug-likeness (QED) is 0.940. The van der Waals surface area contributed by atoms with Crippen LogP contribution in [-0.4, -0.2) is 22.0 Å². The van der Waals surface area contributed by atoms with Crippen molar-refractivity contribution in [3.63, 3.8) is 0 Å². The van der Waals surface area contributed by atoms with Gasteiger partial charge in [-0.1, -0.05) is 0 Å². The first kappa shape index (κ1) is 13.7. The van der Waals surface area contributed by atoms with E-state index in [-0.39, 0.29) is 17.6 Å². The third-order valence-corrected chi connectivity index (χ3v) is 2.55. The van der Waals surface area contributed by atoms with Crippen LogP contribution in [0, 0.1) is 11.3 Å². The van der Waals surface area contributed by atoms with Gasteiger partial charge in [0.2, 0.25) is 0 Å². The summed E-state index contributed by atoms with van der Waals surface area (Å²) in [6, 6.07) is 6.41. The van der Waals surface area contributed by atoms with Gasteiger partial charge in [0.15, 0.2) is 0 Å². The molecule has 104 valence electrons. The normalized spacial score (nSPS) is 11.3. The molecule has 0 aliphatic carbocycles. The van der Waals surface area contributed by atoms with E-state index in [9.17, 15) is 18.0 Å². The van der Waals surface area contributed by atoms with E-state index in [1.54, 1.807) is 6.07 Å². The van der Waals surface area contributed by atoms with E-state index >= 15 is 0 Å². The van der Waals surface area contributed by atoms with Gasteiger partial charge in [0.05, 0.1) is 6.07 Å². The van der Waals surface area contributed by atoms with Crippen molar-refractivity contribution >= 4 is 16.9 Å². The Bertz CT molecular complexity index is 713.